The molecular formula is C48H58Si2. The van der Waals surface area contributed by atoms with Crippen molar-refractivity contribution in [2.45, 2.75) is 142 Å². The van der Waals surface area contributed by atoms with Crippen molar-refractivity contribution in [3.63, 3.8) is 0 Å². The zero-order valence-corrected chi connectivity index (χ0v) is 34.9. The minimum absolute atomic E-state index is 0.649. The van der Waals surface area contributed by atoms with Crippen LogP contribution in [-0.2, 0) is 0 Å². The molecule has 0 aromatic heterocycles. The lowest BCUT2D eigenvalue weighted by molar-refractivity contribution is 0.891. The van der Waals surface area contributed by atoms with E-state index in [2.05, 4.69) is 155 Å². The van der Waals surface area contributed by atoms with E-state index in [4.69, 9.17) is 0 Å². The lowest BCUT2D eigenvalue weighted by Crippen LogP contribution is -2.41. The van der Waals surface area contributed by atoms with Gasteiger partial charge in [-0.15, -0.1) is 11.1 Å². The summed E-state index contributed by atoms with van der Waals surface area (Å²) in [6.45, 7) is 28.8. The maximum Gasteiger partial charge on any atom is 0.147 e. The van der Waals surface area contributed by atoms with Crippen molar-refractivity contribution in [1.82, 2.24) is 0 Å². The number of hydrogen-bond acceptors (Lipinski definition) is 0. The van der Waals surface area contributed by atoms with Gasteiger partial charge in [-0.05, 0) is 163 Å². The summed E-state index contributed by atoms with van der Waals surface area (Å²) in [6.07, 6.45) is 5.47. The Kier molecular flexibility index (Phi) is 8.94. The van der Waals surface area contributed by atoms with E-state index in [0.717, 1.165) is 11.1 Å². The quantitative estimate of drug-likeness (QED) is 0.0945. The molecule has 0 aliphatic heterocycles. The molecule has 0 spiro atoms. The number of hydrogen-bond donors (Lipinski definition) is 0. The maximum absolute atomic E-state index is 4.18. The second kappa shape index (κ2) is 12.7. The Morgan fingerprint density at radius 2 is 0.760 bits per heavy atom. The summed E-state index contributed by atoms with van der Waals surface area (Å²) in [5.74, 6) is 8.03. The van der Waals surface area contributed by atoms with Crippen molar-refractivity contribution < 1.29 is 0 Å². The zero-order chi connectivity index (χ0) is 35.9. The van der Waals surface area contributed by atoms with E-state index in [9.17, 15) is 0 Å². The zero-order valence-electron chi connectivity index (χ0n) is 32.9. The summed E-state index contributed by atoms with van der Waals surface area (Å²) in [5.41, 5.74) is 20.4. The molecule has 2 saturated carbocycles. The molecular weight excluding hydrogens is 633 g/mol. The highest BCUT2D eigenvalue weighted by Crippen LogP contribution is 2.55. The molecule has 5 aromatic carbocycles. The van der Waals surface area contributed by atoms with E-state index in [1.54, 1.807) is 0 Å². The molecule has 258 valence electrons. The fourth-order valence-electron chi connectivity index (χ4n) is 10.2. The molecule has 0 atom stereocenters. The van der Waals surface area contributed by atoms with Gasteiger partial charge >= 0.3 is 0 Å². The Balaban J connectivity index is 1.52. The van der Waals surface area contributed by atoms with Crippen LogP contribution in [0, 0.1) is 50.6 Å². The molecule has 0 N–H and O–H groups in total. The largest absolute Gasteiger partial charge is 0.147 e. The van der Waals surface area contributed by atoms with Crippen molar-refractivity contribution >= 4 is 59.2 Å². The van der Waals surface area contributed by atoms with E-state index in [1.807, 2.05) is 0 Å². The van der Waals surface area contributed by atoms with E-state index in [1.165, 1.54) is 102 Å². The molecule has 0 heterocycles. The van der Waals surface area contributed by atoms with E-state index < -0.39 is 16.1 Å². The van der Waals surface area contributed by atoms with Gasteiger partial charge in [0.25, 0.3) is 0 Å². The molecule has 0 radical (unpaired) electrons. The summed E-state index contributed by atoms with van der Waals surface area (Å²) < 4.78 is 0. The molecule has 7 rings (SSSR count). The van der Waals surface area contributed by atoms with Crippen LogP contribution in [0.1, 0.15) is 114 Å². The number of fused-ring (bicyclic) bond motifs is 4. The molecule has 2 aliphatic rings. The third kappa shape index (κ3) is 5.58. The first-order chi connectivity index (χ1) is 23.7. The SMILES string of the molecule is Cc1ccc(C)c2cc3cc4cc5c(C)c(C#C[Si](C(C)C)(C(C)C)C6CC6)c(C#C[Si](C(C)C)(C(C)C)C6CC6)c(C)c5cc4cc3cc12. The fourth-order valence-corrected chi connectivity index (χ4v) is 21.2. The van der Waals surface area contributed by atoms with Crippen LogP contribution in [0.4, 0.5) is 0 Å². The minimum Gasteiger partial charge on any atom is -0.125 e. The first-order valence-electron chi connectivity index (χ1n) is 19.6. The van der Waals surface area contributed by atoms with Gasteiger partial charge in [0.15, 0.2) is 0 Å². The van der Waals surface area contributed by atoms with E-state index in [-0.39, 0.29) is 0 Å². The van der Waals surface area contributed by atoms with Crippen LogP contribution in [-0.4, -0.2) is 16.1 Å². The predicted octanol–water partition coefficient (Wildman–Crippen LogP) is 14.2. The van der Waals surface area contributed by atoms with Gasteiger partial charge in [-0.3, -0.25) is 0 Å². The van der Waals surface area contributed by atoms with Crippen LogP contribution in [0.3, 0.4) is 0 Å². The highest BCUT2D eigenvalue weighted by atomic mass is 28.3. The van der Waals surface area contributed by atoms with Gasteiger partial charge in [0, 0.05) is 11.1 Å². The Labute approximate surface area is 304 Å². The molecule has 50 heavy (non-hydrogen) atoms. The Hall–Kier alpha value is -3.31. The summed E-state index contributed by atoms with van der Waals surface area (Å²) >= 11 is 0. The smallest absolute Gasteiger partial charge is 0.125 e. The van der Waals surface area contributed by atoms with Gasteiger partial charge in [0.1, 0.15) is 16.1 Å². The molecule has 2 heteroatoms. The van der Waals surface area contributed by atoms with Crippen LogP contribution in [0.5, 0.6) is 0 Å². The standard InChI is InChI=1S/C48H58Si2/c1-29(2)49(30(3)4,41-15-16-41)21-19-43-35(11)47-27-39-23-37-25-45-33(9)13-14-34(10)46(45)26-38(37)24-40(39)28-48(47)36(12)44(43)20-22-50(31(5)6,32(7)8)42-17-18-42/h13-14,23-32,41-42H,15-18H2,1-12H3. The van der Waals surface area contributed by atoms with Gasteiger partial charge in [-0.1, -0.05) is 105 Å². The molecule has 0 amide bonds. The van der Waals surface area contributed by atoms with Crippen LogP contribution in [0.25, 0.3) is 43.1 Å². The van der Waals surface area contributed by atoms with Crippen molar-refractivity contribution in [3.8, 4) is 22.9 Å². The number of benzene rings is 5. The van der Waals surface area contributed by atoms with Gasteiger partial charge < -0.3 is 0 Å². The summed E-state index contributed by atoms with van der Waals surface area (Å²) in [5, 5.41) is 10.6. The molecule has 5 aromatic rings. The molecule has 0 bridgehead atoms. The van der Waals surface area contributed by atoms with Crippen LogP contribution < -0.4 is 0 Å². The highest BCUT2D eigenvalue weighted by molar-refractivity contribution is 6.92. The van der Waals surface area contributed by atoms with Crippen molar-refractivity contribution in [2.75, 3.05) is 0 Å². The van der Waals surface area contributed by atoms with E-state index >= 15 is 0 Å². The maximum atomic E-state index is 4.18. The van der Waals surface area contributed by atoms with Gasteiger partial charge in [-0.25, -0.2) is 0 Å². The molecule has 0 unspecified atom stereocenters. The van der Waals surface area contributed by atoms with Crippen molar-refractivity contribution in [3.05, 3.63) is 81.9 Å². The van der Waals surface area contributed by atoms with Crippen molar-refractivity contribution in [1.29, 1.82) is 0 Å². The topological polar surface area (TPSA) is 0 Å². The second-order valence-electron chi connectivity index (χ2n) is 17.6. The molecule has 0 saturated heterocycles. The van der Waals surface area contributed by atoms with Gasteiger partial charge in [-0.2, -0.15) is 0 Å². The van der Waals surface area contributed by atoms with Crippen LogP contribution >= 0.6 is 0 Å². The Bertz CT molecular complexity index is 2110. The summed E-state index contributed by atoms with van der Waals surface area (Å²) in [6, 6.07) is 19.1. The first kappa shape index (κ1) is 35.1. The summed E-state index contributed by atoms with van der Waals surface area (Å²) in [7, 11) is -3.68. The summed E-state index contributed by atoms with van der Waals surface area (Å²) in [4.78, 5) is 0. The normalized spacial score (nSPS) is 15.5. The van der Waals surface area contributed by atoms with E-state index in [0.29, 0.717) is 22.2 Å². The third-order valence-corrected chi connectivity index (χ3v) is 26.1. The number of aryl methyl sites for hydroxylation is 4. The lowest BCUT2D eigenvalue weighted by atomic mass is 9.88. The van der Waals surface area contributed by atoms with Gasteiger partial charge in [0.05, 0.1) is 0 Å². The average Bonchev–Trinajstić information content (AvgIpc) is 3.99. The van der Waals surface area contributed by atoms with Crippen molar-refractivity contribution in [2.24, 2.45) is 0 Å². The molecule has 2 fully saturated rings. The van der Waals surface area contributed by atoms with Crippen LogP contribution in [0.15, 0.2) is 48.5 Å². The Morgan fingerprint density at radius 3 is 1.04 bits per heavy atom. The molecule has 0 nitrogen and oxygen atoms in total. The van der Waals surface area contributed by atoms with Gasteiger partial charge in [0.2, 0.25) is 0 Å². The highest BCUT2D eigenvalue weighted by Gasteiger charge is 2.52. The molecule has 2 aliphatic carbocycles. The minimum atomic E-state index is -1.84. The average molecular weight is 691 g/mol. The Morgan fingerprint density at radius 1 is 0.460 bits per heavy atom. The van der Waals surface area contributed by atoms with Crippen LogP contribution in [0.2, 0.25) is 33.2 Å². The third-order valence-electron chi connectivity index (χ3n) is 13.4. The monoisotopic (exact) mass is 690 g/mol. The lowest BCUT2D eigenvalue weighted by Gasteiger charge is -2.34. The second-order valence-corrected chi connectivity index (χ2v) is 28.1. The first-order valence-corrected chi connectivity index (χ1v) is 24.1. The fraction of sp³-hybridized carbons (Fsp3) is 0.458. The number of rotatable bonds is 6. The predicted molar refractivity (Wildman–Crippen MR) is 227 cm³/mol.